The Balaban J connectivity index is 3.35. The summed E-state index contributed by atoms with van der Waals surface area (Å²) in [6, 6.07) is 0. The van der Waals surface area contributed by atoms with Crippen LogP contribution in [0.4, 0.5) is 0 Å². The number of rotatable bonds is 1. The van der Waals surface area contributed by atoms with Crippen molar-refractivity contribution in [1.82, 2.24) is 0 Å². The Hall–Kier alpha value is -0.0375. The summed E-state index contributed by atoms with van der Waals surface area (Å²) in [4.78, 5) is 10.1. The molecule has 0 radical (unpaired) electrons. The van der Waals surface area contributed by atoms with E-state index in [2.05, 4.69) is 3.79 Å². The van der Waals surface area contributed by atoms with E-state index >= 15 is 0 Å². The number of carbonyl (C=O) groups excluding carboxylic acids is 1. The van der Waals surface area contributed by atoms with E-state index in [0.29, 0.717) is 16.6 Å². The van der Waals surface area contributed by atoms with Gasteiger partial charge in [-0.05, 0) is 6.92 Å². The van der Waals surface area contributed by atoms with E-state index in [1.54, 1.807) is 0 Å². The minimum atomic E-state index is -0.961. The highest BCUT2D eigenvalue weighted by molar-refractivity contribution is 6.06. The molecule has 0 spiro atoms. The maximum absolute atomic E-state index is 10.1. The van der Waals surface area contributed by atoms with E-state index in [1.165, 1.54) is 6.92 Å². The lowest BCUT2D eigenvalue weighted by Crippen LogP contribution is -2.17. The van der Waals surface area contributed by atoms with Gasteiger partial charge in [0.15, 0.2) is 0 Å². The Kier molecular flexibility index (Phi) is 3.01. The first-order chi connectivity index (χ1) is 3.18. The van der Waals surface area contributed by atoms with E-state index in [1.807, 2.05) is 0 Å². The summed E-state index contributed by atoms with van der Waals surface area (Å²) in [5.41, 5.74) is 0. The molecule has 0 aromatic heterocycles. The third kappa shape index (κ3) is 2.63. The van der Waals surface area contributed by atoms with Crippen LogP contribution in [0.2, 0.25) is 0 Å². The van der Waals surface area contributed by atoms with Gasteiger partial charge in [0.05, 0.1) is 0 Å². The molecule has 1 unspecified atom stereocenters. The fourth-order valence-electron chi connectivity index (χ4n) is 0.171. The molecule has 0 fully saturated rings. The molecule has 0 saturated heterocycles. The van der Waals surface area contributed by atoms with Crippen LogP contribution in [0.15, 0.2) is 0 Å². The molecule has 0 heterocycles. The van der Waals surface area contributed by atoms with Gasteiger partial charge in [0.2, 0.25) is 0 Å². The second-order valence-corrected chi connectivity index (χ2v) is 1.61. The lowest BCUT2D eigenvalue weighted by molar-refractivity contribution is -0.142. The molecule has 0 aliphatic heterocycles. The van der Waals surface area contributed by atoms with E-state index in [-0.39, 0.29) is 0 Å². The Labute approximate surface area is 50.0 Å². The topological polar surface area (TPSA) is 46.5 Å². The number of hydrogen-bond acceptors (Lipinski definition) is 3. The van der Waals surface area contributed by atoms with Gasteiger partial charge in [0.25, 0.3) is 5.97 Å². The van der Waals surface area contributed by atoms with Crippen molar-refractivity contribution in [3.8, 4) is 0 Å². The van der Waals surface area contributed by atoms with Crippen LogP contribution in [0.1, 0.15) is 6.92 Å². The lowest BCUT2D eigenvalue weighted by atomic mass is 10.4. The predicted molar refractivity (Wildman–Crippen MR) is 26.3 cm³/mol. The Morgan fingerprint density at radius 3 is 2.43 bits per heavy atom. The molecule has 4 heteroatoms. The van der Waals surface area contributed by atoms with E-state index in [4.69, 9.17) is 5.11 Å². The molecule has 0 aliphatic rings. The van der Waals surface area contributed by atoms with Gasteiger partial charge in [-0.15, -0.1) is 0 Å². The zero-order valence-electron chi connectivity index (χ0n) is 4.34. The van der Waals surface area contributed by atoms with Crippen molar-refractivity contribution >= 4 is 22.6 Å². The largest absolute Gasteiger partial charge is 0.620 e. The lowest BCUT2D eigenvalue weighted by Gasteiger charge is -2.00. The highest BCUT2D eigenvalue weighted by atomic mass is 27.1. The summed E-state index contributed by atoms with van der Waals surface area (Å²) in [7, 11) is 0. The molecule has 0 bridgehead atoms. The molecular weight excluding hydrogens is 111 g/mol. The predicted octanol–water partition coefficient (Wildman–Crippen LogP) is -1.54. The Morgan fingerprint density at radius 2 is 2.43 bits per heavy atom. The Bertz CT molecular complexity index is 70.6. The summed E-state index contributed by atoms with van der Waals surface area (Å²) in [6.45, 7) is 1.38. The number of aliphatic hydroxyl groups is 1. The van der Waals surface area contributed by atoms with Crippen LogP contribution in [-0.2, 0) is 8.58 Å². The van der Waals surface area contributed by atoms with Gasteiger partial charge in [0.1, 0.15) is 6.10 Å². The smallest absolute Gasteiger partial charge is 0.499 e. The van der Waals surface area contributed by atoms with Gasteiger partial charge < -0.3 is 8.90 Å². The molecule has 0 aliphatic carbocycles. The molecule has 7 heavy (non-hydrogen) atoms. The van der Waals surface area contributed by atoms with Crippen LogP contribution >= 0.6 is 0 Å². The van der Waals surface area contributed by atoms with Crippen molar-refractivity contribution in [1.29, 1.82) is 0 Å². The highest BCUT2D eigenvalue weighted by Crippen LogP contribution is 1.80. The van der Waals surface area contributed by atoms with Crippen LogP contribution in [0.25, 0.3) is 0 Å². The first kappa shape index (κ1) is 6.96. The molecule has 1 N–H and O–H groups in total. The maximum atomic E-state index is 10.1. The van der Waals surface area contributed by atoms with Crippen LogP contribution in [0.5, 0.6) is 0 Å². The van der Waals surface area contributed by atoms with E-state index < -0.39 is 12.1 Å². The molecule has 0 amide bonds. The van der Waals surface area contributed by atoms with E-state index in [0.717, 1.165) is 0 Å². The third-order valence-corrected chi connectivity index (χ3v) is 0.945. The minimum Gasteiger partial charge on any atom is -0.620 e. The highest BCUT2D eigenvalue weighted by Gasteiger charge is 2.03. The summed E-state index contributed by atoms with van der Waals surface area (Å²) >= 11 is 0.361. The van der Waals surface area contributed by atoms with Gasteiger partial charge in [-0.3, -0.25) is 4.79 Å². The Morgan fingerprint density at radius 1 is 2.00 bits per heavy atom. The fraction of sp³-hybridized carbons (Fsp3) is 0.667. The van der Waals surface area contributed by atoms with Crippen molar-refractivity contribution in [3.63, 3.8) is 0 Å². The standard InChI is InChI=1S/C3H6O3.Al.2H/c1-2(4)3(5)6;;;/h2,4H,1H3,(H,5,6);;;/q;+1;;/p-1. The van der Waals surface area contributed by atoms with Crippen molar-refractivity contribution < 1.29 is 13.7 Å². The van der Waals surface area contributed by atoms with Crippen LogP contribution in [0, 0.1) is 0 Å². The molecule has 0 rings (SSSR count). The number of carbonyl (C=O) groups is 1. The van der Waals surface area contributed by atoms with Crippen molar-refractivity contribution in [2.45, 2.75) is 13.0 Å². The first-order valence-electron chi connectivity index (χ1n) is 1.94. The van der Waals surface area contributed by atoms with Crippen LogP contribution in [0.3, 0.4) is 0 Å². The average Bonchev–Trinajstić information content (AvgIpc) is 1.65. The van der Waals surface area contributed by atoms with Gasteiger partial charge in [-0.1, -0.05) is 0 Å². The second kappa shape index (κ2) is 3.03. The van der Waals surface area contributed by atoms with Gasteiger partial charge in [-0.25, -0.2) is 0 Å². The summed E-state index contributed by atoms with van der Waals surface area (Å²) in [5.74, 6) is -0.535. The second-order valence-electron chi connectivity index (χ2n) is 1.20. The van der Waals surface area contributed by atoms with E-state index in [9.17, 15) is 4.79 Å². The normalized spacial score (nSPS) is 12.9. The molecule has 40 valence electrons. The maximum Gasteiger partial charge on any atom is 0.499 e. The van der Waals surface area contributed by atoms with Crippen molar-refractivity contribution in [3.05, 3.63) is 0 Å². The quantitative estimate of drug-likeness (QED) is 0.424. The summed E-state index contributed by atoms with van der Waals surface area (Å²) in [6.07, 6.45) is -0.961. The van der Waals surface area contributed by atoms with Crippen molar-refractivity contribution in [2.24, 2.45) is 0 Å². The van der Waals surface area contributed by atoms with Crippen LogP contribution in [-0.4, -0.2) is 33.8 Å². The molecular formula is C3H7AlO3. The van der Waals surface area contributed by atoms with Crippen LogP contribution < -0.4 is 0 Å². The molecule has 1 atom stereocenters. The molecule has 3 nitrogen and oxygen atoms in total. The fourth-order valence-corrected chi connectivity index (χ4v) is 0.512. The first-order valence-corrected chi connectivity index (χ1v) is 2.76. The van der Waals surface area contributed by atoms with Gasteiger partial charge in [-0.2, -0.15) is 0 Å². The zero-order chi connectivity index (χ0) is 5.86. The minimum absolute atomic E-state index is 0.361. The summed E-state index contributed by atoms with van der Waals surface area (Å²) in [5, 5.41) is 8.37. The van der Waals surface area contributed by atoms with Gasteiger partial charge in [0, 0.05) is 0 Å². The van der Waals surface area contributed by atoms with Gasteiger partial charge >= 0.3 is 16.6 Å². The molecule has 0 saturated carbocycles. The zero-order valence-corrected chi connectivity index (χ0v) is 6.34. The monoisotopic (exact) mass is 118 g/mol. The van der Waals surface area contributed by atoms with Crippen molar-refractivity contribution in [2.75, 3.05) is 0 Å². The summed E-state index contributed by atoms with van der Waals surface area (Å²) < 4.78 is 4.26. The average molecular weight is 118 g/mol. The number of hydrogen-bond donors (Lipinski definition) is 1. The number of aliphatic hydroxyl groups excluding tert-OH is 1. The third-order valence-electron chi connectivity index (χ3n) is 0.542. The molecule has 0 aromatic rings. The SMILES string of the molecule is CC(O)C(=O)[O][AlH2]. The molecule has 0 aromatic carbocycles.